The fraction of sp³-hybridized carbons (Fsp3) is 0.143. The van der Waals surface area contributed by atoms with Gasteiger partial charge in [-0.25, -0.2) is 4.98 Å². The molecule has 0 aliphatic carbocycles. The lowest BCUT2D eigenvalue weighted by atomic mass is 10.1. The van der Waals surface area contributed by atoms with Gasteiger partial charge in [-0.05, 0) is 35.9 Å². The molecule has 28 heavy (non-hydrogen) atoms. The molecule has 1 aliphatic rings. The largest absolute Gasteiger partial charge is 0.493 e. The van der Waals surface area contributed by atoms with Crippen LogP contribution in [0, 0.1) is 11.3 Å². The lowest BCUT2D eigenvalue weighted by molar-refractivity contribution is 0.165. The fourth-order valence-electron chi connectivity index (χ4n) is 2.84. The van der Waals surface area contributed by atoms with E-state index in [-0.39, 0.29) is 0 Å². The van der Waals surface area contributed by atoms with Gasteiger partial charge in [0.1, 0.15) is 24.3 Å². The SMILES string of the molecule is COc1cc(/C=C(\C#N)c2nc(-c3ccc(Cl)cc3)cs2)cc2c1OCCO2. The zero-order valence-corrected chi connectivity index (χ0v) is 16.5. The third kappa shape index (κ3) is 3.68. The molecule has 0 spiro atoms. The van der Waals surface area contributed by atoms with E-state index in [2.05, 4.69) is 11.1 Å². The van der Waals surface area contributed by atoms with E-state index in [0.29, 0.717) is 46.1 Å². The maximum absolute atomic E-state index is 9.67. The van der Waals surface area contributed by atoms with Crippen LogP contribution in [0.5, 0.6) is 17.2 Å². The van der Waals surface area contributed by atoms with E-state index < -0.39 is 0 Å². The molecule has 0 amide bonds. The molecule has 0 N–H and O–H groups in total. The highest BCUT2D eigenvalue weighted by atomic mass is 35.5. The van der Waals surface area contributed by atoms with Crippen LogP contribution in [0.2, 0.25) is 5.02 Å². The number of aromatic nitrogens is 1. The number of benzene rings is 2. The third-order valence-corrected chi connectivity index (χ3v) is 5.28. The van der Waals surface area contributed by atoms with Gasteiger partial charge in [-0.2, -0.15) is 5.26 Å². The van der Waals surface area contributed by atoms with Gasteiger partial charge >= 0.3 is 0 Å². The second-order valence-corrected chi connectivity index (χ2v) is 7.26. The minimum atomic E-state index is 0.462. The molecular formula is C21H15ClN2O3S. The van der Waals surface area contributed by atoms with Crippen LogP contribution in [-0.4, -0.2) is 25.3 Å². The van der Waals surface area contributed by atoms with Crippen molar-refractivity contribution < 1.29 is 14.2 Å². The van der Waals surface area contributed by atoms with Crippen LogP contribution in [0.15, 0.2) is 41.8 Å². The van der Waals surface area contributed by atoms with Crippen LogP contribution in [0.1, 0.15) is 10.6 Å². The number of rotatable bonds is 4. The van der Waals surface area contributed by atoms with Gasteiger partial charge in [0.15, 0.2) is 11.5 Å². The normalized spacial score (nSPS) is 13.1. The zero-order valence-electron chi connectivity index (χ0n) is 14.9. The molecule has 0 radical (unpaired) electrons. The summed E-state index contributed by atoms with van der Waals surface area (Å²) in [7, 11) is 1.57. The van der Waals surface area contributed by atoms with Gasteiger partial charge in [0.05, 0.1) is 18.4 Å². The van der Waals surface area contributed by atoms with Crippen molar-refractivity contribution in [3.05, 3.63) is 57.4 Å². The Kier molecular flexibility index (Phi) is 5.20. The Morgan fingerprint density at radius 3 is 2.79 bits per heavy atom. The van der Waals surface area contributed by atoms with Gasteiger partial charge in [-0.3, -0.25) is 0 Å². The second kappa shape index (κ2) is 7.93. The Balaban J connectivity index is 1.69. The quantitative estimate of drug-likeness (QED) is 0.545. The van der Waals surface area contributed by atoms with Crippen molar-refractivity contribution in [3.8, 4) is 34.6 Å². The molecular weight excluding hydrogens is 396 g/mol. The lowest BCUT2D eigenvalue weighted by Crippen LogP contribution is -2.16. The summed E-state index contributed by atoms with van der Waals surface area (Å²) in [5, 5.41) is 12.9. The average Bonchev–Trinajstić information content (AvgIpc) is 3.22. The Morgan fingerprint density at radius 2 is 2.04 bits per heavy atom. The molecule has 5 nitrogen and oxygen atoms in total. The predicted molar refractivity (Wildman–Crippen MR) is 110 cm³/mol. The topological polar surface area (TPSA) is 64.4 Å². The van der Waals surface area contributed by atoms with Crippen LogP contribution in [-0.2, 0) is 0 Å². The number of thiazole rings is 1. The molecule has 0 saturated carbocycles. The molecule has 0 saturated heterocycles. The summed E-state index contributed by atoms with van der Waals surface area (Å²) >= 11 is 7.36. The molecule has 0 bridgehead atoms. The van der Waals surface area contributed by atoms with Crippen LogP contribution in [0.25, 0.3) is 22.9 Å². The molecule has 4 rings (SSSR count). The average molecular weight is 411 g/mol. The number of ether oxygens (including phenoxy) is 3. The van der Waals surface area contributed by atoms with Crippen molar-refractivity contribution >= 4 is 34.6 Å². The first kappa shape index (κ1) is 18.4. The highest BCUT2D eigenvalue weighted by Crippen LogP contribution is 2.41. The Bertz CT molecular complexity index is 1070. The molecule has 1 aromatic heterocycles. The van der Waals surface area contributed by atoms with Crippen LogP contribution >= 0.6 is 22.9 Å². The summed E-state index contributed by atoms with van der Waals surface area (Å²) in [6, 6.07) is 13.3. The first-order valence-electron chi connectivity index (χ1n) is 8.49. The number of fused-ring (bicyclic) bond motifs is 1. The molecule has 1 aliphatic heterocycles. The number of nitrogens with zero attached hydrogens (tertiary/aromatic N) is 2. The first-order chi connectivity index (χ1) is 13.7. The summed E-state index contributed by atoms with van der Waals surface area (Å²) in [5.41, 5.74) is 2.99. The van der Waals surface area contributed by atoms with Crippen molar-refractivity contribution in [1.29, 1.82) is 5.26 Å². The molecule has 0 atom stereocenters. The summed E-state index contributed by atoms with van der Waals surface area (Å²) in [6.07, 6.45) is 1.77. The number of hydrogen-bond donors (Lipinski definition) is 0. The highest BCUT2D eigenvalue weighted by molar-refractivity contribution is 7.11. The summed E-state index contributed by atoms with van der Waals surface area (Å²) in [6.45, 7) is 0.958. The second-order valence-electron chi connectivity index (χ2n) is 5.96. The van der Waals surface area contributed by atoms with E-state index >= 15 is 0 Å². The van der Waals surface area contributed by atoms with Crippen molar-refractivity contribution in [1.82, 2.24) is 4.98 Å². The van der Waals surface area contributed by atoms with E-state index in [1.165, 1.54) is 11.3 Å². The van der Waals surface area contributed by atoms with E-state index in [4.69, 9.17) is 25.8 Å². The van der Waals surface area contributed by atoms with Crippen LogP contribution < -0.4 is 14.2 Å². The highest BCUT2D eigenvalue weighted by Gasteiger charge is 2.18. The Hall–Kier alpha value is -3.01. The van der Waals surface area contributed by atoms with Gasteiger partial charge in [-0.1, -0.05) is 23.7 Å². The summed E-state index contributed by atoms with van der Waals surface area (Å²) in [4.78, 5) is 4.61. The monoisotopic (exact) mass is 410 g/mol. The fourth-order valence-corrected chi connectivity index (χ4v) is 3.76. The molecule has 7 heteroatoms. The Morgan fingerprint density at radius 1 is 1.25 bits per heavy atom. The zero-order chi connectivity index (χ0) is 19.5. The number of methoxy groups -OCH3 is 1. The molecule has 2 aromatic carbocycles. The minimum absolute atomic E-state index is 0.462. The van der Waals surface area contributed by atoms with Crippen molar-refractivity contribution in [3.63, 3.8) is 0 Å². The molecule has 3 aromatic rings. The minimum Gasteiger partial charge on any atom is -0.493 e. The van der Waals surface area contributed by atoms with Gasteiger partial charge in [-0.15, -0.1) is 11.3 Å². The van der Waals surface area contributed by atoms with Crippen molar-refractivity contribution in [2.45, 2.75) is 0 Å². The maximum Gasteiger partial charge on any atom is 0.203 e. The lowest BCUT2D eigenvalue weighted by Gasteiger charge is -2.21. The van der Waals surface area contributed by atoms with Gasteiger partial charge in [0.2, 0.25) is 5.75 Å². The molecule has 2 heterocycles. The van der Waals surface area contributed by atoms with Crippen LogP contribution in [0.3, 0.4) is 0 Å². The standard InChI is InChI=1S/C21H15ClN2O3S/c1-25-18-9-13(10-19-20(18)27-7-6-26-19)8-15(11-23)21-24-17(12-28-21)14-2-4-16(22)5-3-14/h2-5,8-10,12H,6-7H2,1H3/b15-8+. The molecule has 0 unspecified atom stereocenters. The number of allylic oxidation sites excluding steroid dienone is 1. The van der Waals surface area contributed by atoms with Crippen molar-refractivity contribution in [2.24, 2.45) is 0 Å². The predicted octanol–water partition coefficient (Wildman–Crippen LogP) is 5.31. The van der Waals surface area contributed by atoms with E-state index in [9.17, 15) is 5.26 Å². The first-order valence-corrected chi connectivity index (χ1v) is 9.75. The molecule has 140 valence electrons. The number of nitriles is 1. The van der Waals surface area contributed by atoms with Gasteiger partial charge in [0.25, 0.3) is 0 Å². The van der Waals surface area contributed by atoms with Gasteiger partial charge < -0.3 is 14.2 Å². The third-order valence-electron chi connectivity index (χ3n) is 4.16. The smallest absolute Gasteiger partial charge is 0.203 e. The van der Waals surface area contributed by atoms with E-state index in [0.717, 1.165) is 16.8 Å². The summed E-state index contributed by atoms with van der Waals surface area (Å²) < 4.78 is 16.7. The van der Waals surface area contributed by atoms with Gasteiger partial charge in [0, 0.05) is 16.0 Å². The number of halogens is 1. The summed E-state index contributed by atoms with van der Waals surface area (Å²) in [5.74, 6) is 1.76. The Labute approximate surface area is 171 Å². The van der Waals surface area contributed by atoms with Crippen molar-refractivity contribution in [2.75, 3.05) is 20.3 Å². The number of hydrogen-bond acceptors (Lipinski definition) is 6. The maximum atomic E-state index is 9.67. The van der Waals surface area contributed by atoms with Crippen LogP contribution in [0.4, 0.5) is 0 Å². The van der Waals surface area contributed by atoms with E-state index in [1.807, 2.05) is 41.8 Å². The van der Waals surface area contributed by atoms with E-state index in [1.54, 1.807) is 13.2 Å². The molecule has 0 fully saturated rings.